The predicted molar refractivity (Wildman–Crippen MR) is 139 cm³/mol. The van der Waals surface area contributed by atoms with E-state index in [1.54, 1.807) is 18.5 Å². The lowest BCUT2D eigenvalue weighted by molar-refractivity contribution is -0.118. The number of H-pyrrole nitrogens is 1. The van der Waals surface area contributed by atoms with Crippen molar-refractivity contribution in [1.82, 2.24) is 9.97 Å². The number of ketones is 1. The van der Waals surface area contributed by atoms with Crippen LogP contribution in [0.25, 0.3) is 16.5 Å². The highest BCUT2D eigenvalue weighted by Gasteiger charge is 2.26. The molecule has 1 atom stereocenters. The number of rotatable bonds is 8. The summed E-state index contributed by atoms with van der Waals surface area (Å²) in [7, 11) is 0. The zero-order chi connectivity index (χ0) is 26.1. The van der Waals surface area contributed by atoms with Crippen LogP contribution in [0.5, 0.6) is 0 Å². The predicted octanol–water partition coefficient (Wildman–Crippen LogP) is 6.76. The first-order valence-corrected chi connectivity index (χ1v) is 12.2. The molecule has 0 unspecified atom stereocenters. The van der Waals surface area contributed by atoms with E-state index in [-0.39, 0.29) is 30.9 Å². The Morgan fingerprint density at radius 1 is 1.03 bits per heavy atom. The first-order valence-electron chi connectivity index (χ1n) is 12.2. The largest absolute Gasteiger partial charge is 0.361 e. The van der Waals surface area contributed by atoms with Gasteiger partial charge in [0.2, 0.25) is 0 Å². The molecule has 0 spiro atoms. The number of carbonyl (C=O) groups excluding carboxylic acids is 1. The number of hydrogen-bond donors (Lipinski definition) is 1. The van der Waals surface area contributed by atoms with Crippen molar-refractivity contribution in [2.45, 2.75) is 39.0 Å². The molecule has 4 nitrogen and oxygen atoms in total. The van der Waals surface area contributed by atoms with E-state index in [4.69, 9.17) is 0 Å². The topological polar surface area (TPSA) is 58.1 Å². The van der Waals surface area contributed by atoms with Gasteiger partial charge in [-0.1, -0.05) is 6.07 Å². The fourth-order valence-electron chi connectivity index (χ4n) is 5.22. The van der Waals surface area contributed by atoms with Gasteiger partial charge in [-0.2, -0.15) is 0 Å². The summed E-state index contributed by atoms with van der Waals surface area (Å²) in [6.45, 7) is 4.57. The number of allylic oxidation sites excluding steroid dienone is 1. The van der Waals surface area contributed by atoms with Gasteiger partial charge in [-0.25, -0.2) is 13.2 Å². The van der Waals surface area contributed by atoms with E-state index in [1.165, 1.54) is 24.3 Å². The van der Waals surface area contributed by atoms with Gasteiger partial charge in [-0.15, -0.1) is 0 Å². The number of aromatic nitrogens is 2. The molecule has 0 amide bonds. The van der Waals surface area contributed by atoms with Gasteiger partial charge in [0.05, 0.1) is 12.2 Å². The van der Waals surface area contributed by atoms with E-state index in [1.807, 2.05) is 26.0 Å². The molecule has 1 aliphatic heterocycles. The lowest BCUT2D eigenvalue weighted by Crippen LogP contribution is -2.16. The molecule has 0 bridgehead atoms. The van der Waals surface area contributed by atoms with Crippen molar-refractivity contribution >= 4 is 28.0 Å². The maximum atomic E-state index is 14.0. The summed E-state index contributed by atoms with van der Waals surface area (Å²) >= 11 is 0. The number of nitrogens with one attached hydrogen (secondary N) is 1. The molecule has 0 radical (unpaired) electrons. The van der Waals surface area contributed by atoms with Crippen LogP contribution in [-0.4, -0.2) is 28.0 Å². The van der Waals surface area contributed by atoms with E-state index in [0.717, 1.165) is 34.0 Å². The lowest BCUT2D eigenvalue weighted by atomic mass is 9.84. The minimum Gasteiger partial charge on any atom is -0.361 e. The SMILES string of the molecule is CC1=NCC(C)=C1c1cccnc1[C@@H](CC(=O)Cc1c[nH]c2ccc(F)cc12)Cc1cc(F)cc(F)c1. The van der Waals surface area contributed by atoms with E-state index in [2.05, 4.69) is 15.0 Å². The van der Waals surface area contributed by atoms with E-state index in [0.29, 0.717) is 28.8 Å². The van der Waals surface area contributed by atoms with Gasteiger partial charge in [0.1, 0.15) is 23.2 Å². The fourth-order valence-corrected chi connectivity index (χ4v) is 5.22. The van der Waals surface area contributed by atoms with E-state index in [9.17, 15) is 18.0 Å². The maximum Gasteiger partial charge on any atom is 0.138 e. The molecule has 188 valence electrons. The van der Waals surface area contributed by atoms with Gasteiger partial charge in [0.25, 0.3) is 0 Å². The van der Waals surface area contributed by atoms with Gasteiger partial charge >= 0.3 is 0 Å². The molecule has 1 aliphatic rings. The van der Waals surface area contributed by atoms with Crippen LogP contribution >= 0.6 is 0 Å². The summed E-state index contributed by atoms with van der Waals surface area (Å²) in [6, 6.07) is 11.6. The summed E-state index contributed by atoms with van der Waals surface area (Å²) in [4.78, 5) is 25.7. The third-order valence-electron chi connectivity index (χ3n) is 6.83. The Hall–Kier alpha value is -4.00. The number of halogens is 3. The Bertz CT molecular complexity index is 1550. The van der Waals surface area contributed by atoms with Crippen molar-refractivity contribution in [3.63, 3.8) is 0 Å². The zero-order valence-electron chi connectivity index (χ0n) is 20.6. The molecule has 4 aromatic rings. The van der Waals surface area contributed by atoms with Crippen LogP contribution < -0.4 is 0 Å². The highest BCUT2D eigenvalue weighted by atomic mass is 19.1. The number of carbonyl (C=O) groups is 1. The molecular formula is C30H26F3N3O. The van der Waals surface area contributed by atoms with Gasteiger partial charge in [-0.05, 0) is 73.4 Å². The third kappa shape index (κ3) is 5.26. The van der Waals surface area contributed by atoms with Crippen molar-refractivity contribution in [1.29, 1.82) is 0 Å². The molecule has 0 saturated carbocycles. The summed E-state index contributed by atoms with van der Waals surface area (Å²) < 4.78 is 41.9. The first-order chi connectivity index (χ1) is 17.8. The second-order valence-electron chi connectivity index (χ2n) is 9.60. The van der Waals surface area contributed by atoms with Crippen molar-refractivity contribution in [2.24, 2.45) is 4.99 Å². The van der Waals surface area contributed by atoms with Crippen LogP contribution in [-0.2, 0) is 17.6 Å². The second-order valence-corrected chi connectivity index (χ2v) is 9.60. The number of aromatic amines is 1. The Kier molecular flexibility index (Phi) is 6.78. The number of aliphatic imine (C=N–C) groups is 1. The standard InChI is InChI=1S/C30H26F3N3O/c1-17-15-35-18(2)29(17)26-4-3-7-34-30(26)20(8-19-9-23(32)13-24(33)10-19)11-25(37)12-21-16-36-28-6-5-22(31)14-27(21)28/h3-7,9-10,13-14,16,20,36H,8,11-12,15H2,1-2H3/t20-/m1/s1. The van der Waals surface area contributed by atoms with Crippen molar-refractivity contribution in [3.8, 4) is 0 Å². The number of hydrogen-bond acceptors (Lipinski definition) is 3. The van der Waals surface area contributed by atoms with E-state index < -0.39 is 17.6 Å². The van der Waals surface area contributed by atoms with Gasteiger partial charge in [-0.3, -0.25) is 14.8 Å². The van der Waals surface area contributed by atoms with Crippen molar-refractivity contribution in [2.75, 3.05) is 6.54 Å². The molecule has 0 aliphatic carbocycles. The maximum absolute atomic E-state index is 14.0. The average molecular weight is 502 g/mol. The van der Waals surface area contributed by atoms with Crippen molar-refractivity contribution in [3.05, 3.63) is 106 Å². The zero-order valence-corrected chi connectivity index (χ0v) is 20.6. The quantitative estimate of drug-likeness (QED) is 0.290. The van der Waals surface area contributed by atoms with Crippen LogP contribution in [0.3, 0.4) is 0 Å². The van der Waals surface area contributed by atoms with Crippen LogP contribution in [0.15, 0.2) is 71.5 Å². The summed E-state index contributed by atoms with van der Waals surface area (Å²) in [5.74, 6) is -2.22. The highest BCUT2D eigenvalue weighted by molar-refractivity contribution is 6.25. The molecule has 3 heterocycles. The minimum atomic E-state index is -0.667. The second kappa shape index (κ2) is 10.2. The number of fused-ring (bicyclic) bond motifs is 1. The Labute approximate surface area is 213 Å². The first kappa shape index (κ1) is 24.7. The third-order valence-corrected chi connectivity index (χ3v) is 6.83. The Morgan fingerprint density at radius 2 is 1.81 bits per heavy atom. The minimum absolute atomic E-state index is 0.0776. The molecule has 2 aromatic heterocycles. The summed E-state index contributed by atoms with van der Waals surface area (Å²) in [6.07, 6.45) is 3.82. The number of nitrogens with zero attached hydrogens (tertiary/aromatic N) is 2. The number of Topliss-reactive ketones (excluding diaryl/α,β-unsaturated/α-hetero) is 1. The average Bonchev–Trinajstić information content (AvgIpc) is 3.39. The normalized spacial score (nSPS) is 14.4. The molecule has 5 rings (SSSR count). The number of benzene rings is 2. The van der Waals surface area contributed by atoms with Gasteiger partial charge in [0.15, 0.2) is 0 Å². The Balaban J connectivity index is 1.51. The lowest BCUT2D eigenvalue weighted by Gasteiger charge is -2.21. The molecule has 1 N–H and O–H groups in total. The van der Waals surface area contributed by atoms with Crippen molar-refractivity contribution < 1.29 is 18.0 Å². The summed E-state index contributed by atoms with van der Waals surface area (Å²) in [5, 5.41) is 0.661. The highest BCUT2D eigenvalue weighted by Crippen LogP contribution is 2.34. The molecule has 0 fully saturated rings. The van der Waals surface area contributed by atoms with Crippen LogP contribution in [0.4, 0.5) is 13.2 Å². The van der Waals surface area contributed by atoms with Gasteiger partial charge in [0, 0.05) is 65.0 Å². The smallest absolute Gasteiger partial charge is 0.138 e. The number of pyridine rings is 1. The van der Waals surface area contributed by atoms with Crippen LogP contribution in [0.2, 0.25) is 0 Å². The molecule has 2 aromatic carbocycles. The Morgan fingerprint density at radius 3 is 2.54 bits per heavy atom. The summed E-state index contributed by atoms with van der Waals surface area (Å²) in [5.41, 5.74) is 6.47. The van der Waals surface area contributed by atoms with Gasteiger partial charge < -0.3 is 4.98 Å². The molecule has 0 saturated heterocycles. The van der Waals surface area contributed by atoms with Crippen LogP contribution in [0, 0.1) is 17.5 Å². The fraction of sp³-hybridized carbons (Fsp3) is 0.233. The van der Waals surface area contributed by atoms with Crippen LogP contribution in [0.1, 0.15) is 48.6 Å². The molecular weight excluding hydrogens is 475 g/mol. The monoisotopic (exact) mass is 501 g/mol. The van der Waals surface area contributed by atoms with E-state index >= 15 is 0 Å². The molecule has 7 heteroatoms. The molecule has 37 heavy (non-hydrogen) atoms.